The van der Waals surface area contributed by atoms with Crippen LogP contribution < -0.4 is 0 Å². The highest BCUT2D eigenvalue weighted by molar-refractivity contribution is 5.65. The lowest BCUT2D eigenvalue weighted by molar-refractivity contribution is -0.0810. The van der Waals surface area contributed by atoms with E-state index < -0.39 is 11.7 Å². The Bertz CT molecular complexity index is 518. The Balaban J connectivity index is 3.95. The van der Waals surface area contributed by atoms with Gasteiger partial charge >= 0.3 is 6.09 Å². The molecule has 0 radical (unpaired) electrons. The van der Waals surface area contributed by atoms with Crippen LogP contribution >= 0.6 is 0 Å². The number of hydrogen-bond donors (Lipinski definition) is 2. The van der Waals surface area contributed by atoms with Crippen molar-refractivity contribution in [2.75, 3.05) is 33.5 Å². The third-order valence-electron chi connectivity index (χ3n) is 7.85. The SMILES string of the molecule is CCCCCCCCCCCCCCCCCC(C)N(CC(C)(COCCCCCCCO)OC)C(=O)O. The summed E-state index contributed by atoms with van der Waals surface area (Å²) in [6, 6.07) is -0.0320. The van der Waals surface area contributed by atoms with Crippen LogP contribution in [-0.2, 0) is 9.47 Å². The van der Waals surface area contributed by atoms with Crippen LogP contribution in [0.5, 0.6) is 0 Å². The van der Waals surface area contributed by atoms with Gasteiger partial charge in [0.25, 0.3) is 0 Å². The molecule has 0 saturated heterocycles. The highest BCUT2D eigenvalue weighted by Gasteiger charge is 2.32. The Morgan fingerprint density at radius 2 is 1.21 bits per heavy atom. The molecule has 6 heteroatoms. The average molecular weight is 544 g/mol. The predicted molar refractivity (Wildman–Crippen MR) is 160 cm³/mol. The lowest BCUT2D eigenvalue weighted by atomic mass is 10.0. The number of ether oxygens (including phenoxy) is 2. The quantitative estimate of drug-likeness (QED) is 0.0920. The number of unbranched alkanes of at least 4 members (excludes halogenated alkanes) is 18. The number of hydrogen-bond acceptors (Lipinski definition) is 4. The number of methoxy groups -OCH3 is 1. The van der Waals surface area contributed by atoms with Crippen molar-refractivity contribution in [2.24, 2.45) is 0 Å². The number of carbonyl (C=O) groups is 1. The summed E-state index contributed by atoms with van der Waals surface area (Å²) >= 11 is 0. The minimum atomic E-state index is -0.884. The molecule has 2 N–H and O–H groups in total. The fourth-order valence-electron chi connectivity index (χ4n) is 5.04. The smallest absolute Gasteiger partial charge is 0.407 e. The summed E-state index contributed by atoms with van der Waals surface area (Å²) in [6.45, 7) is 7.84. The van der Waals surface area contributed by atoms with Gasteiger partial charge in [0.05, 0.1) is 13.2 Å². The molecular weight excluding hydrogens is 478 g/mol. The van der Waals surface area contributed by atoms with Crippen molar-refractivity contribution in [3.63, 3.8) is 0 Å². The molecule has 0 aromatic heterocycles. The van der Waals surface area contributed by atoms with Crippen molar-refractivity contribution in [1.29, 1.82) is 0 Å². The summed E-state index contributed by atoms with van der Waals surface area (Å²) in [7, 11) is 1.64. The van der Waals surface area contributed by atoms with Gasteiger partial charge in [-0.25, -0.2) is 4.79 Å². The normalized spacial score (nSPS) is 13.9. The Kier molecular flexibility index (Phi) is 25.8. The second kappa shape index (κ2) is 26.4. The van der Waals surface area contributed by atoms with Crippen LogP contribution in [0.3, 0.4) is 0 Å². The summed E-state index contributed by atoms with van der Waals surface area (Å²) in [5, 5.41) is 18.7. The minimum absolute atomic E-state index is 0.0320. The van der Waals surface area contributed by atoms with Crippen LogP contribution in [0.15, 0.2) is 0 Å². The van der Waals surface area contributed by atoms with E-state index in [-0.39, 0.29) is 12.6 Å². The molecule has 0 aliphatic carbocycles. The van der Waals surface area contributed by atoms with Gasteiger partial charge in [0.15, 0.2) is 0 Å². The predicted octanol–water partition coefficient (Wildman–Crippen LogP) is 8.98. The maximum Gasteiger partial charge on any atom is 0.407 e. The van der Waals surface area contributed by atoms with Crippen molar-refractivity contribution in [2.45, 2.75) is 167 Å². The fourth-order valence-corrected chi connectivity index (χ4v) is 5.04. The van der Waals surface area contributed by atoms with Crippen LogP contribution in [0.1, 0.15) is 156 Å². The molecule has 0 saturated carbocycles. The molecule has 0 aromatic carbocycles. The summed E-state index contributed by atoms with van der Waals surface area (Å²) < 4.78 is 11.6. The Morgan fingerprint density at radius 1 is 0.763 bits per heavy atom. The zero-order chi connectivity index (χ0) is 28.3. The van der Waals surface area contributed by atoms with Crippen molar-refractivity contribution < 1.29 is 24.5 Å². The molecule has 0 aromatic rings. The first kappa shape index (κ1) is 37.1. The van der Waals surface area contributed by atoms with E-state index in [1.807, 2.05) is 13.8 Å². The third kappa shape index (κ3) is 22.0. The fraction of sp³-hybridized carbons (Fsp3) is 0.969. The molecule has 0 bridgehead atoms. The molecule has 38 heavy (non-hydrogen) atoms. The van der Waals surface area contributed by atoms with Crippen molar-refractivity contribution in [3.8, 4) is 0 Å². The van der Waals surface area contributed by atoms with Crippen molar-refractivity contribution in [1.82, 2.24) is 4.90 Å². The third-order valence-corrected chi connectivity index (χ3v) is 7.85. The number of carboxylic acid groups (broad SMARTS) is 1. The molecule has 1 amide bonds. The van der Waals surface area contributed by atoms with Gasteiger partial charge in [-0.2, -0.15) is 0 Å². The second-order valence-electron chi connectivity index (χ2n) is 11.7. The number of nitrogens with zero attached hydrogens (tertiary/aromatic N) is 1. The van der Waals surface area contributed by atoms with E-state index in [4.69, 9.17) is 14.6 Å². The van der Waals surface area contributed by atoms with E-state index in [0.717, 1.165) is 44.9 Å². The van der Waals surface area contributed by atoms with Crippen molar-refractivity contribution >= 4 is 6.09 Å². The van der Waals surface area contributed by atoms with Crippen LogP contribution in [0.2, 0.25) is 0 Å². The molecule has 6 nitrogen and oxygen atoms in total. The monoisotopic (exact) mass is 543 g/mol. The first-order valence-corrected chi connectivity index (χ1v) is 16.1. The maximum absolute atomic E-state index is 12.0. The highest BCUT2D eigenvalue weighted by Crippen LogP contribution is 2.19. The Labute approximate surface area is 236 Å². The molecule has 0 rings (SSSR count). The van der Waals surface area contributed by atoms with Crippen LogP contribution in [0.25, 0.3) is 0 Å². The Morgan fingerprint density at radius 3 is 1.66 bits per heavy atom. The highest BCUT2D eigenvalue weighted by atomic mass is 16.5. The van der Waals surface area contributed by atoms with Crippen LogP contribution in [0, 0.1) is 0 Å². The molecule has 0 fully saturated rings. The van der Waals surface area contributed by atoms with E-state index in [2.05, 4.69) is 6.92 Å². The molecule has 2 atom stereocenters. The van der Waals surface area contributed by atoms with Crippen LogP contribution in [-0.4, -0.2) is 66.3 Å². The summed E-state index contributed by atoms with van der Waals surface area (Å²) in [5.74, 6) is 0. The average Bonchev–Trinajstić information content (AvgIpc) is 2.90. The number of amides is 1. The van der Waals surface area contributed by atoms with E-state index in [9.17, 15) is 9.90 Å². The Hall–Kier alpha value is -0.850. The van der Waals surface area contributed by atoms with Gasteiger partial charge < -0.3 is 24.6 Å². The van der Waals surface area contributed by atoms with E-state index in [1.54, 1.807) is 7.11 Å². The molecular formula is C32H65NO5. The van der Waals surface area contributed by atoms with Crippen LogP contribution in [0.4, 0.5) is 4.79 Å². The van der Waals surface area contributed by atoms with Gasteiger partial charge in [0.1, 0.15) is 5.60 Å². The molecule has 0 aliphatic heterocycles. The zero-order valence-electron chi connectivity index (χ0n) is 25.8. The molecule has 0 heterocycles. The van der Waals surface area contributed by atoms with Crippen molar-refractivity contribution in [3.05, 3.63) is 0 Å². The number of aliphatic hydroxyl groups excluding tert-OH is 1. The molecule has 2 unspecified atom stereocenters. The minimum Gasteiger partial charge on any atom is -0.465 e. The van der Waals surface area contributed by atoms with Gasteiger partial charge in [-0.15, -0.1) is 0 Å². The largest absolute Gasteiger partial charge is 0.465 e. The summed E-state index contributed by atoms with van der Waals surface area (Å²) in [4.78, 5) is 13.5. The first-order chi connectivity index (χ1) is 18.4. The maximum atomic E-state index is 12.0. The molecule has 0 aliphatic rings. The summed E-state index contributed by atoms with van der Waals surface area (Å²) in [5.41, 5.74) is -0.654. The van der Waals surface area contributed by atoms with Gasteiger partial charge in [-0.05, 0) is 33.1 Å². The topological polar surface area (TPSA) is 79.2 Å². The van der Waals surface area contributed by atoms with Gasteiger partial charge in [0, 0.05) is 26.4 Å². The number of aliphatic hydroxyl groups is 1. The van der Waals surface area contributed by atoms with Gasteiger partial charge in [0.2, 0.25) is 0 Å². The van der Waals surface area contributed by atoms with Gasteiger partial charge in [-0.3, -0.25) is 0 Å². The first-order valence-electron chi connectivity index (χ1n) is 16.1. The second-order valence-corrected chi connectivity index (χ2v) is 11.7. The summed E-state index contributed by atoms with van der Waals surface area (Å²) in [6.07, 6.45) is 25.2. The van der Waals surface area contributed by atoms with Gasteiger partial charge in [-0.1, -0.05) is 122 Å². The molecule has 228 valence electrons. The lowest BCUT2D eigenvalue weighted by Gasteiger charge is -2.36. The van der Waals surface area contributed by atoms with E-state index in [0.29, 0.717) is 19.8 Å². The molecule has 0 spiro atoms. The zero-order valence-corrected chi connectivity index (χ0v) is 25.8. The van der Waals surface area contributed by atoms with E-state index >= 15 is 0 Å². The standard InChI is InChI=1S/C32H65NO5/c1-5-6-7-8-9-10-11-12-13-14-15-16-17-19-22-25-30(2)33(31(35)36)28-32(3,37-4)29-38-27-24-21-18-20-23-26-34/h30,34H,5-29H2,1-4H3,(H,35,36). The lowest BCUT2D eigenvalue weighted by Crippen LogP contribution is -2.50. The van der Waals surface area contributed by atoms with E-state index in [1.165, 1.54) is 94.8 Å². The number of rotatable bonds is 29.